The number of benzene rings is 4. The molecule has 0 bridgehead atoms. The zero-order chi connectivity index (χ0) is 34.1. The molecule has 0 fully saturated rings. The van der Waals surface area contributed by atoms with Crippen molar-refractivity contribution < 1.29 is 28.9 Å². The Bertz CT molecular complexity index is 2400. The van der Waals surface area contributed by atoms with Crippen molar-refractivity contribution in [3.63, 3.8) is 0 Å². The summed E-state index contributed by atoms with van der Waals surface area (Å²) in [5, 5.41) is 1.49. The second kappa shape index (κ2) is 14.8. The number of nitrogens with zero attached hydrogens (tertiary/aromatic N) is 4. The minimum absolute atomic E-state index is 0. The van der Waals surface area contributed by atoms with Gasteiger partial charge in [-0.15, -0.1) is 18.2 Å². The summed E-state index contributed by atoms with van der Waals surface area (Å²) in [4.78, 5) is 13.3. The number of imidazole rings is 1. The van der Waals surface area contributed by atoms with E-state index in [1.807, 2.05) is 84.9 Å². The van der Waals surface area contributed by atoms with Gasteiger partial charge in [-0.25, -0.2) is 4.98 Å². The Morgan fingerprint density at radius 1 is 0.820 bits per heavy atom. The van der Waals surface area contributed by atoms with Crippen molar-refractivity contribution >= 4 is 50.6 Å². The normalized spacial score (nSPS) is 11.5. The fourth-order valence-electron chi connectivity index (χ4n) is 6.32. The topological polar surface area (TPSA) is 56.7 Å². The van der Waals surface area contributed by atoms with E-state index in [-0.39, 0.29) is 25.7 Å². The Balaban J connectivity index is 0.000000182. The Hall–Kier alpha value is -4.43. The van der Waals surface area contributed by atoms with Gasteiger partial charge in [0.2, 0.25) is 0 Å². The van der Waals surface area contributed by atoms with Crippen LogP contribution in [0.3, 0.4) is 0 Å². The van der Waals surface area contributed by atoms with E-state index in [1.165, 1.54) is 11.8 Å². The number of fused-ring (bicyclic) bond motifs is 4. The number of furan rings is 1. The zero-order valence-corrected chi connectivity index (χ0v) is 33.2. The molecule has 0 atom stereocenters. The summed E-state index contributed by atoms with van der Waals surface area (Å²) in [6, 6.07) is 40.3. The van der Waals surface area contributed by atoms with Crippen molar-refractivity contribution in [2.24, 2.45) is 5.92 Å². The molecule has 0 N–H and O–H groups in total. The maximum atomic E-state index is 14.2. The molecule has 4 aromatic carbocycles. The molecule has 0 amide bonds. The van der Waals surface area contributed by atoms with Crippen molar-refractivity contribution in [2.75, 3.05) is 0 Å². The van der Waals surface area contributed by atoms with Gasteiger partial charge in [0.05, 0.1) is 22.4 Å². The average molecular weight is 898 g/mol. The number of hydrogen-bond donors (Lipinski definition) is 0. The van der Waals surface area contributed by atoms with E-state index in [9.17, 15) is 4.39 Å². The van der Waals surface area contributed by atoms with Crippen molar-refractivity contribution in [2.45, 2.75) is 37.5 Å². The maximum absolute atomic E-state index is 14.2. The third-order valence-corrected chi connectivity index (χ3v) is 12.8. The predicted octanol–water partition coefficient (Wildman–Crippen LogP) is 10.2. The van der Waals surface area contributed by atoms with Crippen molar-refractivity contribution in [1.29, 1.82) is 0 Å². The molecule has 5 nitrogen and oxygen atoms in total. The van der Waals surface area contributed by atoms with Gasteiger partial charge in [0.25, 0.3) is 5.95 Å². The number of para-hydroxylation sites is 3. The van der Waals surface area contributed by atoms with Crippen LogP contribution in [0, 0.1) is 24.0 Å². The van der Waals surface area contributed by atoms with Gasteiger partial charge < -0.3 is 8.98 Å². The summed E-state index contributed by atoms with van der Waals surface area (Å²) in [6.07, 6.45) is 4.72. The second-order valence-corrected chi connectivity index (χ2v) is 24.2. The van der Waals surface area contributed by atoms with Crippen LogP contribution < -0.4 is 4.40 Å². The van der Waals surface area contributed by atoms with Gasteiger partial charge in [-0.1, -0.05) is 41.3 Å². The molecule has 253 valence electrons. The Morgan fingerprint density at radius 3 is 2.30 bits per heavy atom. The van der Waals surface area contributed by atoms with Gasteiger partial charge in [-0.2, -0.15) is 4.39 Å². The molecule has 0 aliphatic rings. The van der Waals surface area contributed by atoms with E-state index < -0.39 is 19.2 Å². The van der Waals surface area contributed by atoms with Crippen LogP contribution in [0.1, 0.15) is 19.4 Å². The summed E-state index contributed by atoms with van der Waals surface area (Å²) >= 11 is -1.86. The molecule has 0 aliphatic heterocycles. The largest absolute Gasteiger partial charge is 0.496 e. The summed E-state index contributed by atoms with van der Waals surface area (Å²) < 4.78 is 23.8. The third-order valence-electron chi connectivity index (χ3n) is 8.51. The summed E-state index contributed by atoms with van der Waals surface area (Å²) in [5.74, 6) is 8.06. The van der Waals surface area contributed by atoms with E-state index >= 15 is 0 Å². The van der Waals surface area contributed by atoms with E-state index in [4.69, 9.17) is 14.4 Å². The Kier molecular flexibility index (Phi) is 10.5. The van der Waals surface area contributed by atoms with Crippen LogP contribution in [-0.2, 0) is 26.5 Å². The molecule has 0 unspecified atom stereocenters. The Labute approximate surface area is 308 Å². The first kappa shape index (κ1) is 35.4. The summed E-state index contributed by atoms with van der Waals surface area (Å²) in [7, 11) is 0. The monoisotopic (exact) mass is 899 g/mol. The fourth-order valence-corrected chi connectivity index (χ4v) is 9.65. The molecule has 0 spiro atoms. The van der Waals surface area contributed by atoms with Gasteiger partial charge in [-0.05, 0) is 30.3 Å². The van der Waals surface area contributed by atoms with E-state index in [0.29, 0.717) is 28.3 Å². The van der Waals surface area contributed by atoms with Crippen molar-refractivity contribution in [1.82, 2.24) is 19.5 Å². The molecule has 0 aliphatic carbocycles. The third kappa shape index (κ3) is 7.09. The first-order valence-corrected chi connectivity index (χ1v) is 23.9. The van der Waals surface area contributed by atoms with E-state index in [2.05, 4.69) is 71.1 Å². The fraction of sp³-hybridized carbons (Fsp3) is 0.167. The number of hydrogen-bond acceptors (Lipinski definition) is 4. The number of halogens is 1. The first-order valence-electron chi connectivity index (χ1n) is 16.6. The molecule has 8 aromatic rings. The summed E-state index contributed by atoms with van der Waals surface area (Å²) in [5.41, 5.74) is 7.82. The Morgan fingerprint density at radius 2 is 1.56 bits per heavy atom. The van der Waals surface area contributed by atoms with E-state index in [0.717, 1.165) is 39.8 Å². The molecule has 4 aromatic heterocycles. The minimum atomic E-state index is -1.86. The molecular weight excluding hydrogens is 860 g/mol. The van der Waals surface area contributed by atoms with E-state index in [1.54, 1.807) is 10.5 Å². The molecule has 50 heavy (non-hydrogen) atoms. The van der Waals surface area contributed by atoms with Crippen LogP contribution in [0.4, 0.5) is 4.39 Å². The molecule has 8 rings (SSSR count). The van der Waals surface area contributed by atoms with Gasteiger partial charge in [0.1, 0.15) is 0 Å². The smallest absolute Gasteiger partial charge is 0.255 e. The van der Waals surface area contributed by atoms with Gasteiger partial charge in [0, 0.05) is 37.4 Å². The quantitative estimate of drug-likeness (QED) is 0.0948. The number of rotatable bonds is 6. The average Bonchev–Trinajstić information content (AvgIpc) is 3.68. The van der Waals surface area contributed by atoms with Crippen molar-refractivity contribution in [3.8, 4) is 28.3 Å². The van der Waals surface area contributed by atoms with Crippen molar-refractivity contribution in [3.05, 3.63) is 139 Å². The first-order chi connectivity index (χ1) is 23.7. The molecular formula is C42H37FGeIrN4O-2. The minimum Gasteiger partial charge on any atom is -0.496 e. The van der Waals surface area contributed by atoms with Gasteiger partial charge >= 0.3 is 126 Å². The second-order valence-electron chi connectivity index (χ2n) is 13.6. The van der Waals surface area contributed by atoms with Crippen LogP contribution in [0.25, 0.3) is 61.3 Å². The van der Waals surface area contributed by atoms with Crippen LogP contribution in [-0.4, -0.2) is 32.8 Å². The molecule has 4 heterocycles. The number of pyridine rings is 2. The molecule has 0 saturated heterocycles. The molecule has 0 saturated carbocycles. The number of aromatic nitrogens is 4. The SMILES string of the molecule is CC(C)Cc1cc(-c2[c-]cccc2)nc[c]1[Ge]([CH3])([CH3])[CH3].Fc1nccc2c1oc1c(-c3nc4ccccc4n3-c3ccccc3)[c-]ccc12.[Ir]. The van der Waals surface area contributed by atoms with Gasteiger partial charge in [-0.3, -0.25) is 4.98 Å². The van der Waals surface area contributed by atoms with Crippen LogP contribution in [0.15, 0.2) is 120 Å². The van der Waals surface area contributed by atoms with Crippen LogP contribution in [0.2, 0.25) is 17.3 Å². The standard InChI is InChI=1S/C24H13FN3O.C18H24GeN.Ir/c25-23-22-17(13-14-26-23)16-9-6-10-18(21(16)29-22)24-27-19-11-4-5-12-20(19)28(24)15-7-2-1-3-8-15;1-14(2)11-16-12-18(15-9-7-6-8-10-15)20-13-17(16)19(3,4)5;/h1-9,11-14H;6-9,12-14H,11H2,1-5H3;/q2*-1;. The van der Waals surface area contributed by atoms with Crippen LogP contribution >= 0.6 is 0 Å². The van der Waals surface area contributed by atoms with Crippen LogP contribution in [0.5, 0.6) is 0 Å². The maximum Gasteiger partial charge on any atom is 0.255 e. The summed E-state index contributed by atoms with van der Waals surface area (Å²) in [6.45, 7) is 4.57. The zero-order valence-electron chi connectivity index (χ0n) is 28.7. The molecule has 1 radical (unpaired) electrons. The molecule has 8 heteroatoms. The predicted molar refractivity (Wildman–Crippen MR) is 200 cm³/mol. The van der Waals surface area contributed by atoms with Gasteiger partial charge in [0.15, 0.2) is 5.58 Å².